The minimum absolute atomic E-state index is 0.0631. The van der Waals surface area contributed by atoms with Crippen LogP contribution in [0.25, 0.3) is 0 Å². The standard InChI is InChI=1S/C14H21NO2S/c1-5-11-10(4)6-12(18-11)13(16)15-7-14(17,8-15)9(2)3/h6,9,17H,5,7-8H2,1-4H3. The topological polar surface area (TPSA) is 40.5 Å². The Morgan fingerprint density at radius 2 is 2.17 bits per heavy atom. The zero-order valence-electron chi connectivity index (χ0n) is 11.5. The van der Waals surface area contributed by atoms with Gasteiger partial charge in [0, 0.05) is 4.88 Å². The molecule has 0 spiro atoms. The molecule has 18 heavy (non-hydrogen) atoms. The largest absolute Gasteiger partial charge is 0.386 e. The van der Waals surface area contributed by atoms with Gasteiger partial charge in [-0.2, -0.15) is 0 Å². The van der Waals surface area contributed by atoms with Crippen LogP contribution in [0.15, 0.2) is 6.07 Å². The van der Waals surface area contributed by atoms with Crippen molar-refractivity contribution in [2.45, 2.75) is 39.7 Å². The van der Waals surface area contributed by atoms with Gasteiger partial charge in [-0.15, -0.1) is 11.3 Å². The van der Waals surface area contributed by atoms with E-state index in [4.69, 9.17) is 0 Å². The molecule has 1 N–H and O–H groups in total. The molecule has 0 bridgehead atoms. The summed E-state index contributed by atoms with van der Waals surface area (Å²) in [7, 11) is 0. The molecule has 1 aromatic heterocycles. The molecule has 1 fully saturated rings. The lowest BCUT2D eigenvalue weighted by Crippen LogP contribution is -2.65. The maximum atomic E-state index is 12.2. The van der Waals surface area contributed by atoms with Crippen LogP contribution in [0, 0.1) is 12.8 Å². The number of hydrogen-bond acceptors (Lipinski definition) is 3. The van der Waals surface area contributed by atoms with E-state index in [0.29, 0.717) is 13.1 Å². The van der Waals surface area contributed by atoms with Crippen molar-refractivity contribution in [2.24, 2.45) is 5.92 Å². The van der Waals surface area contributed by atoms with Gasteiger partial charge >= 0.3 is 0 Å². The third-order valence-corrected chi connectivity index (χ3v) is 5.21. The van der Waals surface area contributed by atoms with E-state index in [1.54, 1.807) is 16.2 Å². The fourth-order valence-corrected chi connectivity index (χ4v) is 3.34. The fourth-order valence-electron chi connectivity index (χ4n) is 2.26. The summed E-state index contributed by atoms with van der Waals surface area (Å²) in [5, 5.41) is 10.2. The first-order chi connectivity index (χ1) is 8.37. The highest BCUT2D eigenvalue weighted by molar-refractivity contribution is 7.14. The lowest BCUT2D eigenvalue weighted by atomic mass is 9.83. The molecule has 1 aliphatic heterocycles. The minimum Gasteiger partial charge on any atom is -0.386 e. The van der Waals surface area contributed by atoms with Crippen LogP contribution in [0.2, 0.25) is 0 Å². The highest BCUT2D eigenvalue weighted by Gasteiger charge is 2.46. The van der Waals surface area contributed by atoms with Crippen LogP contribution in [-0.4, -0.2) is 34.6 Å². The van der Waals surface area contributed by atoms with Gasteiger partial charge in [0.15, 0.2) is 0 Å². The van der Waals surface area contributed by atoms with Crippen LogP contribution in [0.4, 0.5) is 0 Å². The molecule has 1 amide bonds. The van der Waals surface area contributed by atoms with Crippen molar-refractivity contribution < 1.29 is 9.90 Å². The van der Waals surface area contributed by atoms with Crippen molar-refractivity contribution >= 4 is 17.2 Å². The van der Waals surface area contributed by atoms with Crippen LogP contribution >= 0.6 is 11.3 Å². The van der Waals surface area contributed by atoms with E-state index >= 15 is 0 Å². The van der Waals surface area contributed by atoms with E-state index in [-0.39, 0.29) is 11.8 Å². The maximum Gasteiger partial charge on any atom is 0.264 e. The lowest BCUT2D eigenvalue weighted by molar-refractivity contribution is -0.110. The number of amides is 1. The molecule has 0 unspecified atom stereocenters. The normalized spacial score (nSPS) is 18.0. The summed E-state index contributed by atoms with van der Waals surface area (Å²) in [5.74, 6) is 0.256. The Kier molecular flexibility index (Phi) is 3.52. The Bertz CT molecular complexity index is 458. The second-order valence-corrected chi connectivity index (χ2v) is 6.63. The number of hydrogen-bond donors (Lipinski definition) is 1. The lowest BCUT2D eigenvalue weighted by Gasteiger charge is -2.48. The number of thiophene rings is 1. The first-order valence-corrected chi connectivity index (χ1v) is 7.30. The molecule has 0 aliphatic carbocycles. The third kappa shape index (κ3) is 2.19. The number of carbonyl (C=O) groups excluding carboxylic acids is 1. The quantitative estimate of drug-likeness (QED) is 0.914. The molecule has 1 aliphatic rings. The Hall–Kier alpha value is -0.870. The molecular formula is C14H21NO2S. The number of carbonyl (C=O) groups is 1. The van der Waals surface area contributed by atoms with E-state index in [1.165, 1.54) is 10.4 Å². The summed E-state index contributed by atoms with van der Waals surface area (Å²) in [5.41, 5.74) is 0.515. The summed E-state index contributed by atoms with van der Waals surface area (Å²) in [6.07, 6.45) is 0.972. The van der Waals surface area contributed by atoms with E-state index in [2.05, 4.69) is 6.92 Å². The molecule has 100 valence electrons. The van der Waals surface area contributed by atoms with Gasteiger partial charge in [-0.3, -0.25) is 4.79 Å². The molecule has 0 atom stereocenters. The molecule has 2 heterocycles. The summed E-state index contributed by atoms with van der Waals surface area (Å²) >= 11 is 1.58. The monoisotopic (exact) mass is 267 g/mol. The molecule has 1 aromatic rings. The molecule has 3 nitrogen and oxygen atoms in total. The van der Waals surface area contributed by atoms with Gasteiger partial charge in [-0.1, -0.05) is 20.8 Å². The van der Waals surface area contributed by atoms with Crippen LogP contribution in [0.1, 0.15) is 40.9 Å². The number of nitrogens with zero attached hydrogens (tertiary/aromatic N) is 1. The highest BCUT2D eigenvalue weighted by Crippen LogP contribution is 2.31. The van der Waals surface area contributed by atoms with Gasteiger partial charge in [-0.25, -0.2) is 0 Å². The highest BCUT2D eigenvalue weighted by atomic mass is 32.1. The van der Waals surface area contributed by atoms with Crippen molar-refractivity contribution in [1.82, 2.24) is 4.90 Å². The molecule has 2 rings (SSSR count). The molecule has 0 aromatic carbocycles. The van der Waals surface area contributed by atoms with Crippen LogP contribution in [-0.2, 0) is 6.42 Å². The second kappa shape index (κ2) is 4.67. The van der Waals surface area contributed by atoms with Crippen molar-refractivity contribution in [3.63, 3.8) is 0 Å². The maximum absolute atomic E-state index is 12.2. The van der Waals surface area contributed by atoms with Crippen molar-refractivity contribution in [1.29, 1.82) is 0 Å². The predicted octanol–water partition coefficient (Wildman–Crippen LogP) is 2.46. The first-order valence-electron chi connectivity index (χ1n) is 6.48. The Morgan fingerprint density at radius 3 is 2.61 bits per heavy atom. The molecule has 4 heteroatoms. The summed E-state index contributed by atoms with van der Waals surface area (Å²) in [6.45, 7) is 9.06. The van der Waals surface area contributed by atoms with Crippen molar-refractivity contribution in [2.75, 3.05) is 13.1 Å². The summed E-state index contributed by atoms with van der Waals surface area (Å²) in [4.78, 5) is 16.1. The average molecular weight is 267 g/mol. The number of rotatable bonds is 3. The smallest absolute Gasteiger partial charge is 0.264 e. The van der Waals surface area contributed by atoms with E-state index in [9.17, 15) is 9.90 Å². The van der Waals surface area contributed by atoms with Crippen LogP contribution in [0.5, 0.6) is 0 Å². The van der Waals surface area contributed by atoms with E-state index in [0.717, 1.165) is 11.3 Å². The van der Waals surface area contributed by atoms with Gasteiger partial charge in [0.05, 0.1) is 18.0 Å². The average Bonchev–Trinajstić information content (AvgIpc) is 2.65. The molecule has 1 saturated heterocycles. The van der Waals surface area contributed by atoms with Gasteiger partial charge in [-0.05, 0) is 30.9 Å². The Labute approximate surface area is 112 Å². The Morgan fingerprint density at radius 1 is 1.56 bits per heavy atom. The summed E-state index contributed by atoms with van der Waals surface area (Å²) < 4.78 is 0. The fraction of sp³-hybridized carbons (Fsp3) is 0.643. The number of β-amino-alcohol motifs (C(OH)–C–C–N with tert-alkyl or cyclic N) is 1. The number of aryl methyl sites for hydroxylation is 2. The van der Waals surface area contributed by atoms with Crippen molar-refractivity contribution in [3.05, 3.63) is 21.4 Å². The molecule has 0 radical (unpaired) electrons. The van der Waals surface area contributed by atoms with Crippen LogP contribution < -0.4 is 0 Å². The molecular weight excluding hydrogens is 246 g/mol. The SMILES string of the molecule is CCc1sc(C(=O)N2CC(O)(C(C)C)C2)cc1C. The minimum atomic E-state index is -0.685. The summed E-state index contributed by atoms with van der Waals surface area (Å²) in [6, 6.07) is 1.97. The van der Waals surface area contributed by atoms with E-state index < -0.39 is 5.60 Å². The van der Waals surface area contributed by atoms with Gasteiger partial charge in [0.1, 0.15) is 5.60 Å². The zero-order valence-corrected chi connectivity index (χ0v) is 12.3. The van der Waals surface area contributed by atoms with Gasteiger partial charge in [0.2, 0.25) is 0 Å². The third-order valence-electron chi connectivity index (χ3n) is 3.84. The first kappa shape index (κ1) is 13.6. The second-order valence-electron chi connectivity index (χ2n) is 5.49. The predicted molar refractivity (Wildman–Crippen MR) is 74.1 cm³/mol. The number of aliphatic hydroxyl groups is 1. The van der Waals surface area contributed by atoms with Crippen LogP contribution in [0.3, 0.4) is 0 Å². The van der Waals surface area contributed by atoms with E-state index in [1.807, 2.05) is 26.8 Å². The van der Waals surface area contributed by atoms with Crippen molar-refractivity contribution in [3.8, 4) is 0 Å². The molecule has 0 saturated carbocycles. The number of likely N-dealkylation sites (tertiary alicyclic amines) is 1. The zero-order chi connectivity index (χ0) is 13.5. The van der Waals surface area contributed by atoms with Gasteiger partial charge < -0.3 is 10.0 Å². The van der Waals surface area contributed by atoms with Gasteiger partial charge in [0.25, 0.3) is 5.91 Å². The Balaban J connectivity index is 2.06.